The van der Waals surface area contributed by atoms with Crippen LogP contribution in [-0.4, -0.2) is 15.9 Å². The Morgan fingerprint density at radius 3 is 2.29 bits per heavy atom. The topological polar surface area (TPSA) is 80.9 Å². The molecule has 0 atom stereocenters. The van der Waals surface area contributed by atoms with Crippen molar-refractivity contribution in [2.75, 3.05) is 11.1 Å². The molecule has 0 fully saturated rings. The summed E-state index contributed by atoms with van der Waals surface area (Å²) < 4.78 is 68.3. The van der Waals surface area contributed by atoms with Gasteiger partial charge in [-0.25, -0.2) is 31.9 Å². The van der Waals surface area contributed by atoms with Crippen molar-refractivity contribution in [1.29, 1.82) is 0 Å². The number of carbonyl (C=O) groups is 1. The molecule has 1 amide bonds. The second kappa shape index (κ2) is 8.85. The van der Waals surface area contributed by atoms with Gasteiger partial charge in [0.25, 0.3) is 0 Å². The Labute approximate surface area is 191 Å². The van der Waals surface area contributed by atoms with Gasteiger partial charge in [-0.15, -0.1) is 0 Å². The number of aromatic nitrogens is 2. The fourth-order valence-electron chi connectivity index (χ4n) is 3.79. The Hall–Kier alpha value is -3.82. The lowest BCUT2D eigenvalue weighted by molar-refractivity contribution is -0.115. The highest BCUT2D eigenvalue weighted by Gasteiger charge is 2.28. The highest BCUT2D eigenvalue weighted by Crippen LogP contribution is 2.34. The lowest BCUT2D eigenvalue weighted by atomic mass is 9.91. The van der Waals surface area contributed by atoms with Crippen LogP contribution in [0.5, 0.6) is 0 Å². The molecule has 2 aromatic carbocycles. The number of rotatable bonds is 4. The summed E-state index contributed by atoms with van der Waals surface area (Å²) in [4.78, 5) is 21.7. The van der Waals surface area contributed by atoms with Gasteiger partial charge in [0.15, 0.2) is 29.1 Å². The van der Waals surface area contributed by atoms with Gasteiger partial charge in [0.2, 0.25) is 11.7 Å². The molecular weight excluding hydrogens is 455 g/mol. The van der Waals surface area contributed by atoms with Crippen LogP contribution in [0.3, 0.4) is 0 Å². The number of anilines is 2. The molecule has 0 radical (unpaired) electrons. The molecule has 0 saturated carbocycles. The van der Waals surface area contributed by atoms with E-state index in [9.17, 15) is 26.7 Å². The number of hydrogen-bond donors (Lipinski definition) is 2. The largest absolute Gasteiger partial charge is 0.399 e. The summed E-state index contributed by atoms with van der Waals surface area (Å²) in [6, 6.07) is 5.45. The second-order valence-electron chi connectivity index (χ2n) is 8.16. The molecule has 5 nitrogen and oxygen atoms in total. The van der Waals surface area contributed by atoms with Crippen LogP contribution < -0.4 is 11.1 Å². The number of allylic oxidation sites excluding steroid dienone is 1. The van der Waals surface area contributed by atoms with Crippen molar-refractivity contribution in [2.45, 2.75) is 33.1 Å². The van der Waals surface area contributed by atoms with E-state index >= 15 is 0 Å². The van der Waals surface area contributed by atoms with Crippen LogP contribution >= 0.6 is 0 Å². The number of nitrogens with zero attached hydrogens (tertiary/aromatic N) is 2. The summed E-state index contributed by atoms with van der Waals surface area (Å²) in [6.45, 7) is 3.60. The molecule has 0 bridgehead atoms. The molecule has 1 aliphatic rings. The maximum Gasteiger partial charge on any atom is 0.230 e. The number of amides is 1. The van der Waals surface area contributed by atoms with E-state index in [1.165, 1.54) is 0 Å². The summed E-state index contributed by atoms with van der Waals surface area (Å²) in [5, 5.41) is 2.41. The molecule has 34 heavy (non-hydrogen) atoms. The first kappa shape index (κ1) is 23.3. The molecule has 4 rings (SSSR count). The smallest absolute Gasteiger partial charge is 0.230 e. The molecule has 1 aliphatic carbocycles. The minimum atomic E-state index is -2.28. The Morgan fingerprint density at radius 2 is 1.65 bits per heavy atom. The predicted molar refractivity (Wildman–Crippen MR) is 117 cm³/mol. The fraction of sp³-hybridized carbons (Fsp3) is 0.208. The van der Waals surface area contributed by atoms with Crippen molar-refractivity contribution in [3.8, 4) is 11.3 Å². The highest BCUT2D eigenvalue weighted by molar-refractivity contribution is 5.93. The second-order valence-corrected chi connectivity index (χ2v) is 8.16. The molecule has 0 aliphatic heterocycles. The third kappa shape index (κ3) is 4.23. The van der Waals surface area contributed by atoms with Gasteiger partial charge in [-0.1, -0.05) is 11.6 Å². The first-order chi connectivity index (χ1) is 16.1. The van der Waals surface area contributed by atoms with Crippen molar-refractivity contribution in [1.82, 2.24) is 9.97 Å². The number of halogens is 5. The average molecular weight is 474 g/mol. The van der Waals surface area contributed by atoms with E-state index in [0.29, 0.717) is 29.9 Å². The van der Waals surface area contributed by atoms with Crippen LogP contribution in [0, 0.1) is 29.1 Å². The van der Waals surface area contributed by atoms with Gasteiger partial charge in [-0.05, 0) is 50.5 Å². The van der Waals surface area contributed by atoms with Crippen LogP contribution in [0.25, 0.3) is 17.3 Å². The van der Waals surface area contributed by atoms with Gasteiger partial charge in [-0.2, -0.15) is 0 Å². The maximum atomic E-state index is 14.0. The number of nitrogen functional groups attached to an aromatic ring is 1. The van der Waals surface area contributed by atoms with Crippen molar-refractivity contribution in [2.24, 2.45) is 0 Å². The number of fused-ring (bicyclic) bond motifs is 3. The quantitative estimate of drug-likeness (QED) is 0.238. The lowest BCUT2D eigenvalue weighted by Gasteiger charge is -2.20. The third-order valence-corrected chi connectivity index (χ3v) is 5.33. The Bertz CT molecular complexity index is 1340. The lowest BCUT2D eigenvalue weighted by Crippen LogP contribution is -2.21. The van der Waals surface area contributed by atoms with Crippen molar-refractivity contribution in [3.05, 3.63) is 75.4 Å². The predicted octanol–water partition coefficient (Wildman–Crippen LogP) is 5.12. The Kier molecular flexibility index (Phi) is 6.07. The third-order valence-electron chi connectivity index (χ3n) is 5.33. The minimum Gasteiger partial charge on any atom is -0.399 e. The molecule has 1 aromatic heterocycles. The van der Waals surface area contributed by atoms with Gasteiger partial charge in [0, 0.05) is 16.8 Å². The maximum absolute atomic E-state index is 14.0. The number of hydrogen-bond acceptors (Lipinski definition) is 4. The van der Waals surface area contributed by atoms with Crippen LogP contribution in [0.1, 0.15) is 36.4 Å². The first-order valence-electron chi connectivity index (χ1n) is 10.3. The summed E-state index contributed by atoms with van der Waals surface area (Å²) in [6.07, 6.45) is 1.73. The van der Waals surface area contributed by atoms with E-state index in [1.54, 1.807) is 26.0 Å². The van der Waals surface area contributed by atoms with E-state index in [1.807, 2.05) is 12.1 Å². The normalized spacial score (nSPS) is 12.1. The minimum absolute atomic E-state index is 0.0210. The van der Waals surface area contributed by atoms with Crippen LogP contribution in [0.4, 0.5) is 33.5 Å². The van der Waals surface area contributed by atoms with Gasteiger partial charge >= 0.3 is 0 Å². The average Bonchev–Trinajstić information content (AvgIpc) is 2.79. The summed E-state index contributed by atoms with van der Waals surface area (Å²) >= 11 is 0. The van der Waals surface area contributed by atoms with Crippen LogP contribution in [0.2, 0.25) is 0 Å². The number of carbonyl (C=O) groups excluding carboxylic acids is 1. The zero-order chi connectivity index (χ0) is 24.7. The van der Waals surface area contributed by atoms with Crippen LogP contribution in [0.15, 0.2) is 23.8 Å². The SMILES string of the molecule is CC(C)=Cc1nc2c(nc1NC(=O)Cc1c(F)c(F)c(F)c(F)c1F)CCc1cc(N)ccc1-2. The van der Waals surface area contributed by atoms with Crippen molar-refractivity contribution in [3.63, 3.8) is 0 Å². The van der Waals surface area contributed by atoms with Gasteiger partial charge < -0.3 is 11.1 Å². The molecular formula is C24H19F5N4O. The van der Waals surface area contributed by atoms with Crippen LogP contribution in [-0.2, 0) is 24.1 Å². The molecule has 0 unspecified atom stereocenters. The number of nitrogens with two attached hydrogens (primary N) is 1. The van der Waals surface area contributed by atoms with Crippen molar-refractivity contribution >= 4 is 23.5 Å². The number of benzene rings is 2. The Morgan fingerprint density at radius 1 is 1.00 bits per heavy atom. The fourth-order valence-corrected chi connectivity index (χ4v) is 3.79. The van der Waals surface area contributed by atoms with Gasteiger partial charge in [-0.3, -0.25) is 4.79 Å². The zero-order valence-corrected chi connectivity index (χ0v) is 18.2. The molecule has 0 spiro atoms. The summed E-state index contributed by atoms with van der Waals surface area (Å²) in [5.74, 6) is -11.6. The van der Waals surface area contributed by atoms with E-state index in [2.05, 4.69) is 15.3 Å². The van der Waals surface area contributed by atoms with E-state index in [-0.39, 0.29) is 11.5 Å². The molecule has 3 aromatic rings. The van der Waals surface area contributed by atoms with Gasteiger partial charge in [0.05, 0.1) is 17.8 Å². The molecule has 3 N–H and O–H groups in total. The van der Waals surface area contributed by atoms with E-state index < -0.39 is 47.0 Å². The standard InChI is InChI=1S/C24H19F5N4O/c1-10(2)7-16-24(32-15-6-3-11-8-12(30)4-5-13(11)23(15)31-16)33-17(34)9-14-18(25)20(27)22(29)21(28)19(14)26/h4-5,7-8H,3,6,9,30H2,1-2H3,(H,32,33,34). The first-order valence-corrected chi connectivity index (χ1v) is 10.3. The summed E-state index contributed by atoms with van der Waals surface area (Å²) in [7, 11) is 0. The monoisotopic (exact) mass is 474 g/mol. The number of aryl methyl sites for hydroxylation is 2. The zero-order valence-electron chi connectivity index (χ0n) is 18.2. The Balaban J connectivity index is 1.71. The van der Waals surface area contributed by atoms with Gasteiger partial charge in [0.1, 0.15) is 5.69 Å². The molecule has 176 valence electrons. The molecule has 10 heteroatoms. The van der Waals surface area contributed by atoms with Crippen molar-refractivity contribution < 1.29 is 26.7 Å². The summed E-state index contributed by atoms with van der Waals surface area (Å²) in [5.41, 5.74) is 9.46. The molecule has 0 saturated heterocycles. The number of nitrogens with one attached hydrogen (secondary N) is 1. The highest BCUT2D eigenvalue weighted by atomic mass is 19.2. The van der Waals surface area contributed by atoms with E-state index in [4.69, 9.17) is 5.73 Å². The van der Waals surface area contributed by atoms with E-state index in [0.717, 1.165) is 16.7 Å². The molecule has 1 heterocycles.